The van der Waals surface area contributed by atoms with Gasteiger partial charge in [0.1, 0.15) is 0 Å². The zero-order valence-corrected chi connectivity index (χ0v) is 17.3. The Balaban J connectivity index is 0.000000244. The molecule has 0 bridgehead atoms. The van der Waals surface area contributed by atoms with Crippen LogP contribution in [0, 0.1) is 11.6 Å². The van der Waals surface area contributed by atoms with Gasteiger partial charge in [0.2, 0.25) is 12.2 Å². The molecule has 1 aromatic carbocycles. The Morgan fingerprint density at radius 1 is 1.34 bits per heavy atom. The van der Waals surface area contributed by atoms with Crippen LogP contribution in [0.4, 0.5) is 27.6 Å². The molecule has 32 heavy (non-hydrogen) atoms. The number of rotatable bonds is 6. The molecule has 1 amide bonds. The van der Waals surface area contributed by atoms with E-state index in [2.05, 4.69) is 15.0 Å². The van der Waals surface area contributed by atoms with Gasteiger partial charge in [0.25, 0.3) is 0 Å². The molecule has 3 unspecified atom stereocenters. The summed E-state index contributed by atoms with van der Waals surface area (Å²) in [5.74, 6) is -3.34. The first-order valence-electron chi connectivity index (χ1n) is 9.60. The maximum absolute atomic E-state index is 13.5. The van der Waals surface area contributed by atoms with E-state index in [-0.39, 0.29) is 24.3 Å². The molecule has 176 valence electrons. The van der Waals surface area contributed by atoms with Gasteiger partial charge in [-0.1, -0.05) is 6.07 Å². The van der Waals surface area contributed by atoms with Gasteiger partial charge in [0.15, 0.2) is 17.7 Å². The number of aromatic nitrogens is 1. The lowest BCUT2D eigenvalue weighted by Gasteiger charge is -2.15. The number of methoxy groups -OCH3 is 1. The zero-order chi connectivity index (χ0) is 23.9. The highest BCUT2D eigenvalue weighted by molar-refractivity contribution is 5.70. The lowest BCUT2D eigenvalue weighted by atomic mass is 9.95. The molecule has 3 rings (SSSR count). The van der Waals surface area contributed by atoms with Crippen molar-refractivity contribution in [3.8, 4) is 5.75 Å². The van der Waals surface area contributed by atoms with E-state index in [1.807, 2.05) is 0 Å². The Labute approximate surface area is 181 Å². The van der Waals surface area contributed by atoms with Crippen LogP contribution in [0.1, 0.15) is 30.5 Å². The maximum Gasteiger partial charge on any atom is 0.414 e. The summed E-state index contributed by atoms with van der Waals surface area (Å²) in [4.78, 5) is 14.2. The fourth-order valence-corrected chi connectivity index (χ4v) is 3.20. The van der Waals surface area contributed by atoms with E-state index in [1.165, 1.54) is 6.07 Å². The number of hydrogen-bond donors (Lipinski definition) is 2. The van der Waals surface area contributed by atoms with Crippen LogP contribution >= 0.6 is 0 Å². The zero-order valence-electron chi connectivity index (χ0n) is 17.3. The molecule has 1 aromatic heterocycles. The van der Waals surface area contributed by atoms with Gasteiger partial charge in [0.05, 0.1) is 19.8 Å². The fourth-order valence-electron chi connectivity index (χ4n) is 3.20. The first-order valence-corrected chi connectivity index (χ1v) is 9.60. The average molecular weight is 462 g/mol. The van der Waals surface area contributed by atoms with E-state index in [1.54, 1.807) is 25.3 Å². The van der Waals surface area contributed by atoms with E-state index < -0.39 is 35.9 Å². The van der Waals surface area contributed by atoms with Gasteiger partial charge in [-0.2, -0.15) is 17.6 Å². The molecule has 0 spiro atoms. The summed E-state index contributed by atoms with van der Waals surface area (Å²) in [6.45, 7) is 1.49. The van der Waals surface area contributed by atoms with Crippen LogP contribution in [0.3, 0.4) is 0 Å². The standard InChI is InChI=1S/C12H11F5O2.C9H12N2O2/c1-18-11-7(2-3-8(13)10(11)14)6-4-9(19-5-6)12(15,16)17;1-7(13)4-9-5-8(11-6-12)2-3-10-9/h2-3,6,9H,4-5H2,1H3;2-3,5-7,13H,4H2,1H3,(H,10,11,12). The van der Waals surface area contributed by atoms with Gasteiger partial charge < -0.3 is 19.9 Å². The minimum absolute atomic E-state index is 0.188. The first-order chi connectivity index (χ1) is 15.1. The second kappa shape index (κ2) is 11.2. The Kier molecular flexibility index (Phi) is 8.90. The van der Waals surface area contributed by atoms with Crippen molar-refractivity contribution in [2.75, 3.05) is 19.0 Å². The number of benzene rings is 1. The van der Waals surface area contributed by atoms with Gasteiger partial charge in [-0.25, -0.2) is 4.39 Å². The van der Waals surface area contributed by atoms with Crippen LogP contribution < -0.4 is 10.1 Å². The Morgan fingerprint density at radius 3 is 2.62 bits per heavy atom. The number of aliphatic hydroxyl groups is 1. The predicted octanol–water partition coefficient (Wildman–Crippen LogP) is 3.98. The highest BCUT2D eigenvalue weighted by Gasteiger charge is 2.46. The first kappa shape index (κ1) is 25.5. The summed E-state index contributed by atoms with van der Waals surface area (Å²) >= 11 is 0. The molecular formula is C21H23F5N2O4. The van der Waals surface area contributed by atoms with Crippen LogP contribution in [-0.2, 0) is 16.0 Å². The number of halogens is 5. The lowest BCUT2D eigenvalue weighted by molar-refractivity contribution is -0.206. The second-order valence-corrected chi connectivity index (χ2v) is 7.13. The summed E-state index contributed by atoms with van der Waals surface area (Å²) in [5, 5.41) is 11.6. The highest BCUT2D eigenvalue weighted by atomic mass is 19.4. The van der Waals surface area contributed by atoms with Crippen molar-refractivity contribution >= 4 is 12.1 Å². The third kappa shape index (κ3) is 6.86. The smallest absolute Gasteiger partial charge is 0.414 e. The summed E-state index contributed by atoms with van der Waals surface area (Å²) in [6, 6.07) is 5.53. The van der Waals surface area contributed by atoms with Gasteiger partial charge in [-0.15, -0.1) is 0 Å². The van der Waals surface area contributed by atoms with Crippen molar-refractivity contribution in [3.05, 3.63) is 53.4 Å². The summed E-state index contributed by atoms with van der Waals surface area (Å²) < 4.78 is 73.4. The van der Waals surface area contributed by atoms with Gasteiger partial charge in [0, 0.05) is 35.5 Å². The molecule has 2 aromatic rings. The maximum atomic E-state index is 13.5. The highest BCUT2D eigenvalue weighted by Crippen LogP contribution is 2.41. The molecule has 6 nitrogen and oxygen atoms in total. The molecular weight excluding hydrogens is 439 g/mol. The number of nitrogens with one attached hydrogen (secondary N) is 1. The van der Waals surface area contributed by atoms with Crippen molar-refractivity contribution < 1.29 is 41.3 Å². The third-order valence-corrected chi connectivity index (χ3v) is 4.63. The summed E-state index contributed by atoms with van der Waals surface area (Å²) in [5.41, 5.74) is 1.65. The SMILES string of the molecule is CC(O)Cc1cc(NC=O)ccn1.COc1c(C2COC(C(F)(F)F)C2)ccc(F)c1F. The van der Waals surface area contributed by atoms with Gasteiger partial charge in [-0.05, 0) is 31.5 Å². The Morgan fingerprint density at radius 2 is 2.06 bits per heavy atom. The molecule has 0 radical (unpaired) electrons. The monoisotopic (exact) mass is 462 g/mol. The van der Waals surface area contributed by atoms with Crippen molar-refractivity contribution in [3.63, 3.8) is 0 Å². The lowest BCUT2D eigenvalue weighted by Crippen LogP contribution is -2.27. The Hall–Kier alpha value is -2.79. The number of aliphatic hydroxyl groups excluding tert-OH is 1. The minimum Gasteiger partial charge on any atom is -0.493 e. The number of amides is 1. The molecule has 1 saturated heterocycles. The predicted molar refractivity (Wildman–Crippen MR) is 105 cm³/mol. The van der Waals surface area contributed by atoms with Gasteiger partial charge in [-0.3, -0.25) is 9.78 Å². The van der Waals surface area contributed by atoms with E-state index >= 15 is 0 Å². The van der Waals surface area contributed by atoms with Crippen LogP contribution in [0.2, 0.25) is 0 Å². The van der Waals surface area contributed by atoms with Crippen LogP contribution in [0.25, 0.3) is 0 Å². The van der Waals surface area contributed by atoms with Gasteiger partial charge >= 0.3 is 6.18 Å². The minimum atomic E-state index is -4.46. The van der Waals surface area contributed by atoms with Crippen molar-refractivity contribution in [2.24, 2.45) is 0 Å². The molecule has 0 saturated carbocycles. The molecule has 1 fully saturated rings. The van der Waals surface area contributed by atoms with E-state index in [0.717, 1.165) is 18.9 Å². The van der Waals surface area contributed by atoms with Crippen LogP contribution in [0.5, 0.6) is 5.75 Å². The summed E-state index contributed by atoms with van der Waals surface area (Å²) in [6.07, 6.45) is -4.38. The van der Waals surface area contributed by atoms with Crippen molar-refractivity contribution in [2.45, 2.75) is 44.1 Å². The number of nitrogens with zero attached hydrogens (tertiary/aromatic N) is 1. The van der Waals surface area contributed by atoms with E-state index in [0.29, 0.717) is 18.5 Å². The molecule has 1 aliphatic rings. The number of ether oxygens (including phenoxy) is 2. The number of carbonyl (C=O) groups is 1. The van der Waals surface area contributed by atoms with Crippen LogP contribution in [0.15, 0.2) is 30.5 Å². The molecule has 1 aliphatic heterocycles. The van der Waals surface area contributed by atoms with Crippen molar-refractivity contribution in [1.82, 2.24) is 4.98 Å². The quantitative estimate of drug-likeness (QED) is 0.502. The third-order valence-electron chi connectivity index (χ3n) is 4.63. The van der Waals surface area contributed by atoms with E-state index in [9.17, 15) is 26.7 Å². The average Bonchev–Trinajstić information content (AvgIpc) is 3.21. The number of anilines is 1. The summed E-state index contributed by atoms with van der Waals surface area (Å²) in [7, 11) is 1.14. The van der Waals surface area contributed by atoms with Crippen molar-refractivity contribution in [1.29, 1.82) is 0 Å². The molecule has 11 heteroatoms. The Bertz CT molecular complexity index is 908. The topological polar surface area (TPSA) is 80.7 Å². The number of alkyl halides is 3. The molecule has 2 N–H and O–H groups in total. The van der Waals surface area contributed by atoms with E-state index in [4.69, 9.17) is 9.84 Å². The fraction of sp³-hybridized carbons (Fsp3) is 0.429. The molecule has 2 heterocycles. The molecule has 0 aliphatic carbocycles. The number of carbonyl (C=O) groups excluding carboxylic acids is 1. The number of pyridine rings is 1. The second-order valence-electron chi connectivity index (χ2n) is 7.13. The molecule has 3 atom stereocenters. The largest absolute Gasteiger partial charge is 0.493 e. The van der Waals surface area contributed by atoms with Crippen LogP contribution in [-0.4, -0.2) is 48.6 Å². The number of hydrogen-bond acceptors (Lipinski definition) is 5. The normalized spacial score (nSPS) is 19.0.